The first-order chi connectivity index (χ1) is 15.0. The van der Waals surface area contributed by atoms with E-state index in [-0.39, 0.29) is 11.4 Å². The lowest BCUT2D eigenvalue weighted by Crippen LogP contribution is -2.13. The van der Waals surface area contributed by atoms with Gasteiger partial charge in [0.15, 0.2) is 5.78 Å². The molecule has 0 saturated carbocycles. The molecular formula is C26H21N3O2. The molecule has 0 radical (unpaired) electrons. The van der Waals surface area contributed by atoms with Gasteiger partial charge in [-0.2, -0.15) is 5.26 Å². The molecule has 4 rings (SSSR count). The summed E-state index contributed by atoms with van der Waals surface area (Å²) < 4.78 is 2.25. The molecule has 5 nitrogen and oxygen atoms in total. The van der Waals surface area contributed by atoms with Crippen molar-refractivity contribution >= 4 is 45.3 Å². The molecule has 0 saturated heterocycles. The van der Waals surface area contributed by atoms with Crippen LogP contribution in [0.1, 0.15) is 29.8 Å². The van der Waals surface area contributed by atoms with Crippen molar-refractivity contribution in [3.8, 4) is 6.07 Å². The van der Waals surface area contributed by atoms with Gasteiger partial charge in [-0.1, -0.05) is 36.4 Å². The highest BCUT2D eigenvalue weighted by Crippen LogP contribution is 2.30. The topological polar surface area (TPSA) is 74.9 Å². The van der Waals surface area contributed by atoms with Crippen LogP contribution in [0.5, 0.6) is 0 Å². The first kappa shape index (κ1) is 20.1. The van der Waals surface area contributed by atoms with Gasteiger partial charge in [-0.05, 0) is 55.8 Å². The van der Waals surface area contributed by atoms with Crippen LogP contribution in [0.3, 0.4) is 0 Å². The highest BCUT2D eigenvalue weighted by molar-refractivity contribution is 6.11. The van der Waals surface area contributed by atoms with E-state index in [2.05, 4.69) is 28.9 Å². The first-order valence-corrected chi connectivity index (χ1v) is 10.1. The Labute approximate surface area is 180 Å². The van der Waals surface area contributed by atoms with E-state index in [1.54, 1.807) is 30.3 Å². The summed E-state index contributed by atoms with van der Waals surface area (Å²) in [6, 6.07) is 22.8. The number of nitriles is 1. The summed E-state index contributed by atoms with van der Waals surface area (Å²) in [6.07, 6.45) is 1.58. The van der Waals surface area contributed by atoms with Crippen molar-refractivity contribution in [1.82, 2.24) is 4.57 Å². The first-order valence-electron chi connectivity index (χ1n) is 10.1. The number of para-hydroxylation sites is 1. The molecule has 152 valence electrons. The zero-order chi connectivity index (χ0) is 22.0. The van der Waals surface area contributed by atoms with Crippen LogP contribution in [-0.2, 0) is 11.3 Å². The Morgan fingerprint density at radius 3 is 2.52 bits per heavy atom. The molecule has 4 aromatic rings. The van der Waals surface area contributed by atoms with Crippen molar-refractivity contribution in [2.75, 3.05) is 5.32 Å². The third-order valence-electron chi connectivity index (χ3n) is 5.32. The number of ketones is 1. The predicted molar refractivity (Wildman–Crippen MR) is 124 cm³/mol. The number of aryl methyl sites for hydroxylation is 1. The molecule has 5 heteroatoms. The number of carbonyl (C=O) groups excluding carboxylic acids is 2. The minimum atomic E-state index is -0.515. The Morgan fingerprint density at radius 2 is 1.77 bits per heavy atom. The second kappa shape index (κ2) is 8.29. The van der Waals surface area contributed by atoms with Gasteiger partial charge in [-0.25, -0.2) is 0 Å². The Hall–Kier alpha value is -4.17. The fourth-order valence-corrected chi connectivity index (χ4v) is 3.83. The van der Waals surface area contributed by atoms with Crippen LogP contribution in [0.25, 0.3) is 27.9 Å². The number of hydrogen-bond acceptors (Lipinski definition) is 3. The number of nitrogens with one attached hydrogen (secondary N) is 1. The molecule has 31 heavy (non-hydrogen) atoms. The van der Waals surface area contributed by atoms with Gasteiger partial charge < -0.3 is 9.88 Å². The average Bonchev–Trinajstić information content (AvgIpc) is 3.10. The smallest absolute Gasteiger partial charge is 0.266 e. The molecule has 0 aliphatic rings. The fraction of sp³-hybridized carbons (Fsp3) is 0.115. The van der Waals surface area contributed by atoms with Gasteiger partial charge in [-0.3, -0.25) is 9.59 Å². The van der Waals surface area contributed by atoms with Gasteiger partial charge in [0.05, 0.1) is 0 Å². The molecule has 3 aromatic carbocycles. The predicted octanol–water partition coefficient (Wildman–Crippen LogP) is 5.56. The Bertz CT molecular complexity index is 1400. The Balaban J connectivity index is 1.70. The number of nitrogens with zero attached hydrogens (tertiary/aromatic N) is 2. The number of anilines is 1. The van der Waals surface area contributed by atoms with Crippen molar-refractivity contribution in [3.05, 3.63) is 83.4 Å². The summed E-state index contributed by atoms with van der Waals surface area (Å²) in [5.74, 6) is -0.606. The standard InChI is InChI=1S/C26H21N3O2/c1-3-29-24-10-5-4-9-22(24)23-14-18(11-12-25(23)29)13-20(16-27)26(31)28-21-8-6-7-19(15-21)17(2)30/h4-15H,3H2,1-2H3,(H,28,31)/b20-13+. The highest BCUT2D eigenvalue weighted by atomic mass is 16.1. The molecule has 0 atom stereocenters. The summed E-state index contributed by atoms with van der Waals surface area (Å²) in [7, 11) is 0. The van der Waals surface area contributed by atoms with Gasteiger partial charge in [0.2, 0.25) is 0 Å². The third-order valence-corrected chi connectivity index (χ3v) is 5.32. The number of Topliss-reactive ketones (excluding diaryl/α,β-unsaturated/α-hetero) is 1. The quantitative estimate of drug-likeness (QED) is 0.267. The molecule has 0 spiro atoms. The van der Waals surface area contributed by atoms with Crippen LogP contribution in [0.4, 0.5) is 5.69 Å². The van der Waals surface area contributed by atoms with Gasteiger partial charge in [-0.15, -0.1) is 0 Å². The number of carbonyl (C=O) groups is 2. The van der Waals surface area contributed by atoms with E-state index in [1.165, 1.54) is 6.92 Å². The molecule has 1 heterocycles. The summed E-state index contributed by atoms with van der Waals surface area (Å²) in [5, 5.41) is 14.5. The molecule has 1 aromatic heterocycles. The van der Waals surface area contributed by atoms with Crippen molar-refractivity contribution in [2.45, 2.75) is 20.4 Å². The van der Waals surface area contributed by atoms with E-state index in [9.17, 15) is 14.9 Å². The normalized spacial score (nSPS) is 11.5. The molecule has 0 fully saturated rings. The summed E-state index contributed by atoms with van der Waals surface area (Å²) >= 11 is 0. The number of aromatic nitrogens is 1. The molecule has 1 N–H and O–H groups in total. The second-order valence-corrected chi connectivity index (χ2v) is 7.30. The van der Waals surface area contributed by atoms with Crippen LogP contribution in [-0.4, -0.2) is 16.3 Å². The lowest BCUT2D eigenvalue weighted by Gasteiger charge is -2.06. The van der Waals surface area contributed by atoms with Gasteiger partial charge in [0.25, 0.3) is 5.91 Å². The maximum absolute atomic E-state index is 12.7. The minimum absolute atomic E-state index is 0.00759. The van der Waals surface area contributed by atoms with Crippen LogP contribution >= 0.6 is 0 Å². The van der Waals surface area contributed by atoms with E-state index in [1.807, 2.05) is 36.4 Å². The molecule has 0 aliphatic heterocycles. The average molecular weight is 407 g/mol. The minimum Gasteiger partial charge on any atom is -0.341 e. The summed E-state index contributed by atoms with van der Waals surface area (Å²) in [4.78, 5) is 24.2. The van der Waals surface area contributed by atoms with E-state index >= 15 is 0 Å². The van der Waals surface area contributed by atoms with Crippen molar-refractivity contribution in [1.29, 1.82) is 5.26 Å². The van der Waals surface area contributed by atoms with Gasteiger partial charge >= 0.3 is 0 Å². The lowest BCUT2D eigenvalue weighted by atomic mass is 10.1. The van der Waals surface area contributed by atoms with E-state index in [0.29, 0.717) is 11.3 Å². The molecule has 0 unspecified atom stereocenters. The third kappa shape index (κ3) is 3.84. The van der Waals surface area contributed by atoms with Crippen LogP contribution in [0.2, 0.25) is 0 Å². The fourth-order valence-electron chi connectivity index (χ4n) is 3.83. The molecule has 0 aliphatic carbocycles. The number of amides is 1. The van der Waals surface area contributed by atoms with Gasteiger partial charge in [0.1, 0.15) is 11.6 Å². The monoisotopic (exact) mass is 407 g/mol. The van der Waals surface area contributed by atoms with Crippen LogP contribution < -0.4 is 5.32 Å². The van der Waals surface area contributed by atoms with Crippen molar-refractivity contribution < 1.29 is 9.59 Å². The lowest BCUT2D eigenvalue weighted by molar-refractivity contribution is -0.112. The van der Waals surface area contributed by atoms with E-state index < -0.39 is 5.91 Å². The summed E-state index contributed by atoms with van der Waals surface area (Å²) in [5.41, 5.74) is 4.01. The largest absolute Gasteiger partial charge is 0.341 e. The van der Waals surface area contributed by atoms with E-state index in [0.717, 1.165) is 33.9 Å². The number of benzene rings is 3. The Kier molecular flexibility index (Phi) is 5.38. The number of hydrogen-bond donors (Lipinski definition) is 1. The van der Waals surface area contributed by atoms with Crippen LogP contribution in [0.15, 0.2) is 72.3 Å². The number of rotatable bonds is 5. The molecule has 0 bridgehead atoms. The van der Waals surface area contributed by atoms with Crippen molar-refractivity contribution in [3.63, 3.8) is 0 Å². The van der Waals surface area contributed by atoms with Crippen LogP contribution in [0, 0.1) is 11.3 Å². The summed E-state index contributed by atoms with van der Waals surface area (Å²) in [6.45, 7) is 4.43. The maximum atomic E-state index is 12.7. The van der Waals surface area contributed by atoms with Crippen molar-refractivity contribution in [2.24, 2.45) is 0 Å². The van der Waals surface area contributed by atoms with E-state index in [4.69, 9.17) is 0 Å². The SMILES string of the molecule is CCn1c2ccccc2c2cc(/C=C(\C#N)C(=O)Nc3cccc(C(C)=O)c3)ccc21. The zero-order valence-corrected chi connectivity index (χ0v) is 17.3. The van der Waals surface area contributed by atoms with Gasteiger partial charge in [0, 0.05) is 39.6 Å². The number of fused-ring (bicyclic) bond motifs is 3. The highest BCUT2D eigenvalue weighted by Gasteiger charge is 2.13. The maximum Gasteiger partial charge on any atom is 0.266 e. The zero-order valence-electron chi connectivity index (χ0n) is 17.3. The second-order valence-electron chi connectivity index (χ2n) is 7.30. The molecular weight excluding hydrogens is 386 g/mol. The Morgan fingerprint density at radius 1 is 1.00 bits per heavy atom. The molecule has 1 amide bonds.